The number of aliphatic hydroxyl groups excluding tert-OH is 1. The number of nitrogens with zero attached hydrogens (tertiary/aromatic N) is 1. The normalized spacial score (nSPS) is 18.2. The molecule has 2 heterocycles. The van der Waals surface area contributed by atoms with Gasteiger partial charge in [0.2, 0.25) is 0 Å². The lowest BCUT2D eigenvalue weighted by atomic mass is 9.93. The van der Waals surface area contributed by atoms with Gasteiger partial charge in [0.1, 0.15) is 30.5 Å². The molecule has 2 aliphatic heterocycles. The summed E-state index contributed by atoms with van der Waals surface area (Å²) in [4.78, 5) is 28.5. The van der Waals surface area contributed by atoms with Gasteiger partial charge in [-0.2, -0.15) is 0 Å². The second-order valence-corrected chi connectivity index (χ2v) is 8.90. The van der Waals surface area contributed by atoms with Gasteiger partial charge in [-0.1, -0.05) is 24.3 Å². The maximum absolute atomic E-state index is 13.6. The van der Waals surface area contributed by atoms with Crippen LogP contribution in [0.1, 0.15) is 28.3 Å². The number of anilines is 1. The van der Waals surface area contributed by atoms with Gasteiger partial charge in [-0.05, 0) is 49.2 Å². The molecule has 37 heavy (non-hydrogen) atoms. The zero-order chi connectivity index (χ0) is 26.3. The molecular weight excluding hydrogens is 474 g/mol. The number of hydrogen-bond donors (Lipinski definition) is 1. The largest absolute Gasteiger partial charge is 0.507 e. The van der Waals surface area contributed by atoms with Crippen LogP contribution in [0.25, 0.3) is 5.76 Å². The highest BCUT2D eigenvalue weighted by molar-refractivity contribution is 6.51. The molecule has 8 nitrogen and oxygen atoms in total. The van der Waals surface area contributed by atoms with Gasteiger partial charge in [-0.3, -0.25) is 14.5 Å². The molecule has 1 unspecified atom stereocenters. The lowest BCUT2D eigenvalue weighted by molar-refractivity contribution is -0.132. The third-order valence-corrected chi connectivity index (χ3v) is 6.56. The fraction of sp³-hybridized carbons (Fsp3) is 0.241. The summed E-state index contributed by atoms with van der Waals surface area (Å²) >= 11 is 0. The molecule has 0 spiro atoms. The third kappa shape index (κ3) is 4.04. The predicted octanol–water partition coefficient (Wildman–Crippen LogP) is 4.72. The molecule has 0 radical (unpaired) electrons. The minimum atomic E-state index is -0.968. The number of carbonyl (C=O) groups is 2. The number of hydrogen-bond acceptors (Lipinski definition) is 7. The zero-order valence-corrected chi connectivity index (χ0v) is 21.0. The third-order valence-electron chi connectivity index (χ3n) is 6.56. The number of benzene rings is 3. The number of methoxy groups -OCH3 is 2. The Kier molecular flexibility index (Phi) is 6.25. The molecule has 1 atom stereocenters. The number of carbonyl (C=O) groups excluding carboxylic acids is 2. The van der Waals surface area contributed by atoms with Crippen molar-refractivity contribution in [2.24, 2.45) is 0 Å². The number of aryl methyl sites for hydroxylation is 2. The van der Waals surface area contributed by atoms with Gasteiger partial charge >= 0.3 is 0 Å². The van der Waals surface area contributed by atoms with Crippen LogP contribution in [0.4, 0.5) is 5.69 Å². The maximum Gasteiger partial charge on any atom is 0.300 e. The summed E-state index contributed by atoms with van der Waals surface area (Å²) in [5, 5.41) is 11.6. The van der Waals surface area contributed by atoms with E-state index in [1.54, 1.807) is 48.5 Å². The predicted molar refractivity (Wildman–Crippen MR) is 138 cm³/mol. The number of amides is 1. The summed E-state index contributed by atoms with van der Waals surface area (Å²) in [5.74, 6) is 0.00312. The lowest BCUT2D eigenvalue weighted by Crippen LogP contribution is -2.30. The van der Waals surface area contributed by atoms with Gasteiger partial charge < -0.3 is 24.1 Å². The minimum absolute atomic E-state index is 0.0623. The first kappa shape index (κ1) is 24.2. The molecule has 5 rings (SSSR count). The Bertz CT molecular complexity index is 1440. The van der Waals surface area contributed by atoms with E-state index >= 15 is 0 Å². The minimum Gasteiger partial charge on any atom is -0.507 e. The van der Waals surface area contributed by atoms with Crippen LogP contribution in [0.5, 0.6) is 23.0 Å². The number of aliphatic hydroxyl groups is 1. The highest BCUT2D eigenvalue weighted by atomic mass is 16.6. The van der Waals surface area contributed by atoms with Crippen molar-refractivity contribution in [3.8, 4) is 23.0 Å². The van der Waals surface area contributed by atoms with Crippen LogP contribution in [0.15, 0.2) is 60.2 Å². The highest BCUT2D eigenvalue weighted by Gasteiger charge is 2.48. The van der Waals surface area contributed by atoms with Crippen molar-refractivity contribution in [3.05, 3.63) is 82.4 Å². The van der Waals surface area contributed by atoms with Gasteiger partial charge in [0.25, 0.3) is 11.7 Å². The van der Waals surface area contributed by atoms with E-state index in [2.05, 4.69) is 0 Å². The van der Waals surface area contributed by atoms with E-state index < -0.39 is 17.7 Å². The van der Waals surface area contributed by atoms with E-state index in [1.807, 2.05) is 19.9 Å². The van der Waals surface area contributed by atoms with Crippen molar-refractivity contribution >= 4 is 23.1 Å². The fourth-order valence-electron chi connectivity index (χ4n) is 5.01. The molecular formula is C29H27NO7. The molecule has 1 amide bonds. The van der Waals surface area contributed by atoms with Crippen molar-refractivity contribution < 1.29 is 33.6 Å². The number of rotatable bonds is 5. The molecule has 8 heteroatoms. The standard InChI is InChI=1S/C29H27NO7/c1-16-13-17(2)28(35-4)20(14-16)26(31)24-25(19-7-5-6-8-21(19)34-3)30(29(33)27(24)32)18-9-10-22-23(15-18)37-12-11-36-22/h5-10,13-15,25,31H,11-12H2,1-4H3/b26-24+. The molecule has 3 aromatic rings. The molecule has 190 valence electrons. The van der Waals surface area contributed by atoms with E-state index in [4.69, 9.17) is 18.9 Å². The monoisotopic (exact) mass is 501 g/mol. The Morgan fingerprint density at radius 2 is 1.68 bits per heavy atom. The van der Waals surface area contributed by atoms with Crippen LogP contribution in [-0.4, -0.2) is 44.2 Å². The van der Waals surface area contributed by atoms with Crippen LogP contribution < -0.4 is 23.8 Å². The summed E-state index contributed by atoms with van der Waals surface area (Å²) in [7, 11) is 3.02. The first-order valence-electron chi connectivity index (χ1n) is 11.8. The molecule has 0 bridgehead atoms. The molecule has 0 saturated carbocycles. The van der Waals surface area contributed by atoms with Gasteiger partial charge in [0, 0.05) is 17.3 Å². The average molecular weight is 502 g/mol. The van der Waals surface area contributed by atoms with Gasteiger partial charge in [0.05, 0.1) is 31.4 Å². The summed E-state index contributed by atoms with van der Waals surface area (Å²) < 4.78 is 22.5. The molecule has 1 N–H and O–H groups in total. The number of para-hydroxylation sites is 1. The van der Waals surface area contributed by atoms with Crippen LogP contribution in [0, 0.1) is 13.8 Å². The average Bonchev–Trinajstić information content (AvgIpc) is 3.17. The molecule has 1 fully saturated rings. The van der Waals surface area contributed by atoms with Crippen LogP contribution in [0.3, 0.4) is 0 Å². The smallest absolute Gasteiger partial charge is 0.300 e. The van der Waals surface area contributed by atoms with E-state index in [-0.39, 0.29) is 11.3 Å². The topological polar surface area (TPSA) is 94.5 Å². The van der Waals surface area contributed by atoms with Crippen LogP contribution >= 0.6 is 0 Å². The maximum atomic E-state index is 13.6. The SMILES string of the molecule is COc1ccccc1C1/C(=C(\O)c2cc(C)cc(C)c2OC)C(=O)C(=O)N1c1ccc2c(c1)OCCO2. The second-order valence-electron chi connectivity index (χ2n) is 8.90. The van der Waals surface area contributed by atoms with E-state index in [0.29, 0.717) is 53.0 Å². The molecule has 0 aliphatic carbocycles. The van der Waals surface area contributed by atoms with Crippen molar-refractivity contribution in [2.45, 2.75) is 19.9 Å². The number of Topliss-reactive ketones (excluding diaryl/α,β-unsaturated/α-hetero) is 1. The summed E-state index contributed by atoms with van der Waals surface area (Å²) in [6.07, 6.45) is 0. The van der Waals surface area contributed by atoms with Gasteiger partial charge in [-0.15, -0.1) is 0 Å². The number of fused-ring (bicyclic) bond motifs is 1. The van der Waals surface area contributed by atoms with Crippen molar-refractivity contribution in [3.63, 3.8) is 0 Å². The van der Waals surface area contributed by atoms with Gasteiger partial charge in [-0.25, -0.2) is 0 Å². The van der Waals surface area contributed by atoms with Crippen molar-refractivity contribution in [1.29, 1.82) is 0 Å². The van der Waals surface area contributed by atoms with Crippen molar-refractivity contribution in [2.75, 3.05) is 32.3 Å². The van der Waals surface area contributed by atoms with Crippen molar-refractivity contribution in [1.82, 2.24) is 0 Å². The molecule has 0 aromatic heterocycles. The molecule has 2 aliphatic rings. The van der Waals surface area contributed by atoms with Crippen LogP contribution in [0.2, 0.25) is 0 Å². The van der Waals surface area contributed by atoms with Crippen LogP contribution in [-0.2, 0) is 9.59 Å². The fourth-order valence-corrected chi connectivity index (χ4v) is 5.01. The van der Waals surface area contributed by atoms with E-state index in [1.165, 1.54) is 19.1 Å². The second kappa shape index (κ2) is 9.54. The Balaban J connectivity index is 1.77. The zero-order valence-electron chi connectivity index (χ0n) is 21.0. The summed E-state index contributed by atoms with van der Waals surface area (Å²) in [6.45, 7) is 4.54. The Hall–Kier alpha value is -4.46. The first-order valence-corrected chi connectivity index (χ1v) is 11.8. The quantitative estimate of drug-likeness (QED) is 0.307. The first-order chi connectivity index (χ1) is 17.8. The Labute approximate surface area is 214 Å². The van der Waals surface area contributed by atoms with E-state index in [0.717, 1.165) is 11.1 Å². The number of ketones is 1. The highest BCUT2D eigenvalue weighted by Crippen LogP contribution is 2.47. The summed E-state index contributed by atoms with van der Waals surface area (Å²) in [5.41, 5.74) is 2.90. The van der Waals surface area contributed by atoms with E-state index in [9.17, 15) is 14.7 Å². The molecule has 3 aromatic carbocycles. The Morgan fingerprint density at radius 3 is 2.41 bits per heavy atom. The lowest BCUT2D eigenvalue weighted by Gasteiger charge is -2.28. The molecule has 1 saturated heterocycles. The number of ether oxygens (including phenoxy) is 4. The van der Waals surface area contributed by atoms with Gasteiger partial charge in [0.15, 0.2) is 11.5 Å². The Morgan fingerprint density at radius 1 is 0.946 bits per heavy atom. The summed E-state index contributed by atoms with van der Waals surface area (Å²) in [6, 6.07) is 14.9.